The average molecular weight is 692 g/mol. The summed E-state index contributed by atoms with van der Waals surface area (Å²) in [4.78, 5) is 35.6. The van der Waals surface area contributed by atoms with Crippen molar-refractivity contribution >= 4 is 28.2 Å². The van der Waals surface area contributed by atoms with Crippen molar-refractivity contribution < 1.29 is 19.0 Å². The molecule has 266 valence electrons. The van der Waals surface area contributed by atoms with Gasteiger partial charge < -0.3 is 24.4 Å². The second-order valence-corrected chi connectivity index (χ2v) is 13.4. The molecule has 0 aliphatic carbocycles. The highest BCUT2D eigenvalue weighted by molar-refractivity contribution is 5.94. The first-order valence-electron chi connectivity index (χ1n) is 17.7. The SMILES string of the molecule is COCCN(CCC1OC1Nc1ccc2[nH]nc(-c3ccc(OC(C)C)nc3)c2c1)CC(=O)C1CCN(c2ccc(-c3ncccn3)cn2)CC1. The summed E-state index contributed by atoms with van der Waals surface area (Å²) in [6.45, 7) is 8.01. The number of hydrogen-bond acceptors (Lipinski definition) is 12. The average Bonchev–Trinajstić information content (AvgIpc) is 3.77. The van der Waals surface area contributed by atoms with Gasteiger partial charge in [0.1, 0.15) is 23.4 Å². The van der Waals surface area contributed by atoms with Crippen LogP contribution < -0.4 is 15.0 Å². The Morgan fingerprint density at radius 3 is 2.55 bits per heavy atom. The van der Waals surface area contributed by atoms with Crippen LogP contribution in [0.5, 0.6) is 5.88 Å². The van der Waals surface area contributed by atoms with Crippen molar-refractivity contribution in [3.63, 3.8) is 0 Å². The maximum atomic E-state index is 13.5. The Balaban J connectivity index is 0.885. The molecule has 2 aliphatic rings. The van der Waals surface area contributed by atoms with Gasteiger partial charge in [0.2, 0.25) is 5.88 Å². The molecule has 2 saturated heterocycles. The number of nitrogens with one attached hydrogen (secondary N) is 2. The summed E-state index contributed by atoms with van der Waals surface area (Å²) >= 11 is 0. The van der Waals surface area contributed by atoms with Crippen LogP contribution in [0.2, 0.25) is 0 Å². The number of hydrogen-bond donors (Lipinski definition) is 2. The summed E-state index contributed by atoms with van der Waals surface area (Å²) in [5.41, 5.74) is 4.53. The van der Waals surface area contributed by atoms with Crippen LogP contribution in [-0.2, 0) is 14.3 Å². The minimum absolute atomic E-state index is 0.0414. The summed E-state index contributed by atoms with van der Waals surface area (Å²) in [5.74, 6) is 2.51. The van der Waals surface area contributed by atoms with Gasteiger partial charge in [-0.1, -0.05) is 0 Å². The minimum Gasteiger partial charge on any atom is -0.475 e. The fourth-order valence-electron chi connectivity index (χ4n) is 6.54. The number of nitrogens with zero attached hydrogens (tertiary/aromatic N) is 7. The van der Waals surface area contributed by atoms with Crippen LogP contribution in [0.15, 0.2) is 73.3 Å². The molecule has 0 bridgehead atoms. The Morgan fingerprint density at radius 2 is 1.82 bits per heavy atom. The van der Waals surface area contributed by atoms with E-state index in [9.17, 15) is 4.79 Å². The monoisotopic (exact) mass is 691 g/mol. The molecule has 13 nitrogen and oxygen atoms in total. The number of ketones is 1. The Bertz CT molecular complexity index is 1880. The number of epoxide rings is 1. The third-order valence-electron chi connectivity index (χ3n) is 9.39. The first kappa shape index (κ1) is 34.5. The number of benzene rings is 1. The van der Waals surface area contributed by atoms with Crippen LogP contribution in [0.3, 0.4) is 0 Å². The summed E-state index contributed by atoms with van der Waals surface area (Å²) < 4.78 is 17.1. The van der Waals surface area contributed by atoms with Crippen molar-refractivity contribution in [2.45, 2.75) is 51.5 Å². The van der Waals surface area contributed by atoms with Crippen molar-refractivity contribution in [2.75, 3.05) is 56.7 Å². The quantitative estimate of drug-likeness (QED) is 0.131. The van der Waals surface area contributed by atoms with E-state index in [2.05, 4.69) is 51.3 Å². The third-order valence-corrected chi connectivity index (χ3v) is 9.39. The zero-order valence-electron chi connectivity index (χ0n) is 29.4. The summed E-state index contributed by atoms with van der Waals surface area (Å²) in [6, 6.07) is 15.8. The van der Waals surface area contributed by atoms with E-state index in [1.54, 1.807) is 31.8 Å². The van der Waals surface area contributed by atoms with Gasteiger partial charge in [0.15, 0.2) is 12.1 Å². The molecule has 2 aliphatic heterocycles. The topological polar surface area (TPSA) is 147 Å². The predicted molar refractivity (Wildman–Crippen MR) is 196 cm³/mol. The molecule has 2 atom stereocenters. The number of aromatic nitrogens is 6. The first-order valence-corrected chi connectivity index (χ1v) is 17.7. The largest absolute Gasteiger partial charge is 0.475 e. The van der Waals surface area contributed by atoms with Gasteiger partial charge in [-0.2, -0.15) is 5.10 Å². The van der Waals surface area contributed by atoms with Crippen LogP contribution in [0, 0.1) is 5.92 Å². The van der Waals surface area contributed by atoms with Gasteiger partial charge in [0, 0.05) is 92.3 Å². The number of fused-ring (bicyclic) bond motifs is 1. The minimum atomic E-state index is -0.0841. The smallest absolute Gasteiger partial charge is 0.213 e. The third kappa shape index (κ3) is 8.67. The number of aromatic amines is 1. The number of carbonyl (C=O) groups excluding carboxylic acids is 1. The molecule has 7 rings (SSSR count). The summed E-state index contributed by atoms with van der Waals surface area (Å²) in [6.07, 6.45) is 9.56. The van der Waals surface area contributed by atoms with Crippen LogP contribution in [-0.4, -0.2) is 106 Å². The lowest BCUT2D eigenvalue weighted by Crippen LogP contribution is -2.41. The van der Waals surface area contributed by atoms with Crippen molar-refractivity contribution in [3.05, 3.63) is 73.3 Å². The highest BCUT2D eigenvalue weighted by atomic mass is 16.6. The highest BCUT2D eigenvalue weighted by Crippen LogP contribution is 2.32. The molecule has 2 N–H and O–H groups in total. The lowest BCUT2D eigenvalue weighted by molar-refractivity contribution is -0.124. The fraction of sp³-hybridized carbons (Fsp3) is 0.421. The van der Waals surface area contributed by atoms with Gasteiger partial charge in [0.25, 0.3) is 0 Å². The molecule has 0 saturated carbocycles. The number of pyridine rings is 2. The number of methoxy groups -OCH3 is 1. The Kier molecular flexibility index (Phi) is 10.8. The van der Waals surface area contributed by atoms with E-state index < -0.39 is 0 Å². The standard InChI is InChI=1S/C38H45N9O4/c1-25(2)50-35-10-6-27(22-42-35)36-30-21-29(7-8-31(30)44-45-36)43-38-33(51-38)13-16-46(19-20-49-3)24-32(48)26-11-17-47(18-12-26)34-9-5-28(23-41-34)37-39-14-4-15-40-37/h4-10,14-15,21-23,25-26,33,38,43H,11-13,16-20,24H2,1-3H3,(H,44,45). The van der Waals surface area contributed by atoms with Gasteiger partial charge in [0.05, 0.1) is 24.8 Å². The maximum absolute atomic E-state index is 13.5. The van der Waals surface area contributed by atoms with E-state index in [1.807, 2.05) is 56.4 Å². The molecule has 2 fully saturated rings. The predicted octanol–water partition coefficient (Wildman–Crippen LogP) is 5.23. The molecule has 5 aromatic rings. The number of rotatable bonds is 16. The number of H-pyrrole nitrogens is 1. The zero-order chi connectivity index (χ0) is 35.2. The molecule has 0 amide bonds. The summed E-state index contributed by atoms with van der Waals surface area (Å²) in [5, 5.41) is 12.2. The van der Waals surface area contributed by atoms with Crippen LogP contribution >= 0.6 is 0 Å². The van der Waals surface area contributed by atoms with E-state index in [1.165, 1.54) is 0 Å². The van der Waals surface area contributed by atoms with Gasteiger partial charge in [-0.05, 0) is 75.6 Å². The van der Waals surface area contributed by atoms with Gasteiger partial charge in [-0.15, -0.1) is 0 Å². The van der Waals surface area contributed by atoms with Crippen molar-refractivity contribution in [3.8, 4) is 28.5 Å². The van der Waals surface area contributed by atoms with E-state index in [4.69, 9.17) is 14.2 Å². The second kappa shape index (κ2) is 15.9. The lowest BCUT2D eigenvalue weighted by Gasteiger charge is -2.33. The Labute approximate surface area is 297 Å². The van der Waals surface area contributed by atoms with Gasteiger partial charge in [-0.25, -0.2) is 19.9 Å². The van der Waals surface area contributed by atoms with Gasteiger partial charge in [-0.3, -0.25) is 14.8 Å². The van der Waals surface area contributed by atoms with E-state index in [-0.39, 0.29) is 24.4 Å². The number of carbonyl (C=O) groups is 1. The van der Waals surface area contributed by atoms with E-state index in [0.29, 0.717) is 37.2 Å². The van der Waals surface area contributed by atoms with Crippen molar-refractivity contribution in [1.29, 1.82) is 0 Å². The van der Waals surface area contributed by atoms with Crippen LogP contribution in [0.25, 0.3) is 33.5 Å². The normalized spacial score (nSPS) is 17.7. The number of Topliss-reactive ketones (excluding diaryl/α,β-unsaturated/α-hetero) is 1. The molecular formula is C38H45N9O4. The Hall–Kier alpha value is -4.98. The lowest BCUT2D eigenvalue weighted by atomic mass is 9.92. The molecule has 1 aromatic carbocycles. The molecule has 0 spiro atoms. The number of ether oxygens (including phenoxy) is 3. The molecule has 0 radical (unpaired) electrons. The van der Waals surface area contributed by atoms with Crippen molar-refractivity contribution in [1.82, 2.24) is 35.0 Å². The molecule has 13 heteroatoms. The molecule has 4 aromatic heterocycles. The van der Waals surface area contributed by atoms with Crippen LogP contribution in [0.1, 0.15) is 33.1 Å². The second-order valence-electron chi connectivity index (χ2n) is 13.4. The van der Waals surface area contributed by atoms with Crippen molar-refractivity contribution in [2.24, 2.45) is 5.92 Å². The maximum Gasteiger partial charge on any atom is 0.213 e. The zero-order valence-corrected chi connectivity index (χ0v) is 29.4. The summed E-state index contributed by atoms with van der Waals surface area (Å²) in [7, 11) is 1.70. The van der Waals surface area contributed by atoms with Gasteiger partial charge >= 0.3 is 0 Å². The number of piperidine rings is 1. The molecule has 51 heavy (non-hydrogen) atoms. The number of anilines is 2. The van der Waals surface area contributed by atoms with Crippen LogP contribution in [0.4, 0.5) is 11.5 Å². The molecule has 2 unspecified atom stereocenters. The van der Waals surface area contributed by atoms with E-state index in [0.717, 1.165) is 78.1 Å². The fourth-order valence-corrected chi connectivity index (χ4v) is 6.54. The molecular weight excluding hydrogens is 646 g/mol. The highest BCUT2D eigenvalue weighted by Gasteiger charge is 2.39. The molecule has 6 heterocycles. The first-order chi connectivity index (χ1) is 24.9. The Morgan fingerprint density at radius 1 is 1.02 bits per heavy atom. The van der Waals surface area contributed by atoms with E-state index >= 15 is 0 Å².